The first-order valence-electron chi connectivity index (χ1n) is 11.5. The number of rotatable bonds is 6. The van der Waals surface area contributed by atoms with E-state index >= 15 is 0 Å². The van der Waals surface area contributed by atoms with E-state index in [0.29, 0.717) is 12.5 Å². The maximum absolute atomic E-state index is 12.8. The summed E-state index contributed by atoms with van der Waals surface area (Å²) in [5, 5.41) is 2.99. The van der Waals surface area contributed by atoms with E-state index in [2.05, 4.69) is 29.6 Å². The molecule has 1 heterocycles. The maximum Gasteiger partial charge on any atom is 0.407 e. The Labute approximate surface area is 194 Å². The Morgan fingerprint density at radius 3 is 2.21 bits per heavy atom. The third kappa shape index (κ3) is 4.23. The molecule has 168 valence electrons. The third-order valence-corrected chi connectivity index (χ3v) is 6.41. The smallest absolute Gasteiger partial charge is 0.407 e. The van der Waals surface area contributed by atoms with Crippen molar-refractivity contribution in [2.24, 2.45) is 10.9 Å². The summed E-state index contributed by atoms with van der Waals surface area (Å²) < 4.78 is 11.6. The van der Waals surface area contributed by atoms with Crippen LogP contribution in [-0.4, -0.2) is 31.2 Å². The van der Waals surface area contributed by atoms with Crippen molar-refractivity contribution in [2.45, 2.75) is 31.8 Å². The molecule has 0 spiro atoms. The van der Waals surface area contributed by atoms with E-state index in [0.717, 1.165) is 5.56 Å². The largest absolute Gasteiger partial charge is 0.477 e. The number of benzene rings is 3. The summed E-state index contributed by atoms with van der Waals surface area (Å²) in [6.45, 7) is 4.84. The summed E-state index contributed by atoms with van der Waals surface area (Å²) in [5.74, 6) is 0.703. The van der Waals surface area contributed by atoms with Crippen molar-refractivity contribution in [1.29, 1.82) is 0 Å². The molecule has 1 aliphatic heterocycles. The minimum atomic E-state index is -0.454. The van der Waals surface area contributed by atoms with Crippen LogP contribution in [0.15, 0.2) is 83.9 Å². The number of nitrogens with one attached hydrogen (secondary N) is 1. The molecule has 0 bridgehead atoms. The number of carbonyl (C=O) groups is 1. The second kappa shape index (κ2) is 9.10. The fourth-order valence-corrected chi connectivity index (χ4v) is 4.69. The lowest BCUT2D eigenvalue weighted by atomic mass is 9.98. The van der Waals surface area contributed by atoms with E-state index in [1.807, 2.05) is 68.4 Å². The van der Waals surface area contributed by atoms with E-state index in [-0.39, 0.29) is 30.5 Å². The van der Waals surface area contributed by atoms with Gasteiger partial charge in [-0.25, -0.2) is 9.79 Å². The van der Waals surface area contributed by atoms with Crippen molar-refractivity contribution in [3.05, 3.63) is 95.6 Å². The molecule has 1 N–H and O–H groups in total. The number of hydrogen-bond acceptors (Lipinski definition) is 4. The fraction of sp³-hybridized carbons (Fsp3) is 0.286. The molecule has 5 nitrogen and oxygen atoms in total. The van der Waals surface area contributed by atoms with E-state index in [1.165, 1.54) is 22.3 Å². The lowest BCUT2D eigenvalue weighted by Gasteiger charge is -2.22. The molecule has 1 aliphatic carbocycles. The lowest BCUT2D eigenvalue weighted by molar-refractivity contribution is 0.138. The first-order valence-corrected chi connectivity index (χ1v) is 11.5. The van der Waals surface area contributed by atoms with Crippen molar-refractivity contribution >= 4 is 12.0 Å². The summed E-state index contributed by atoms with van der Waals surface area (Å²) in [7, 11) is 0. The highest BCUT2D eigenvalue weighted by atomic mass is 16.5. The minimum Gasteiger partial charge on any atom is -0.477 e. The SMILES string of the molecule is CC(C)[C@H](NC(=O)OCC1c2ccccc2-c2ccccc21)C1=N[C@@H](c2ccccc2)CO1. The highest BCUT2D eigenvalue weighted by molar-refractivity contribution is 5.87. The van der Waals surface area contributed by atoms with Gasteiger partial charge in [-0.2, -0.15) is 0 Å². The monoisotopic (exact) mass is 440 g/mol. The van der Waals surface area contributed by atoms with Crippen molar-refractivity contribution in [3.8, 4) is 11.1 Å². The van der Waals surface area contributed by atoms with Gasteiger partial charge in [-0.05, 0) is 33.7 Å². The van der Waals surface area contributed by atoms with Crippen LogP contribution in [0.2, 0.25) is 0 Å². The summed E-state index contributed by atoms with van der Waals surface area (Å²) in [5.41, 5.74) is 5.92. The van der Waals surface area contributed by atoms with Crippen molar-refractivity contribution in [1.82, 2.24) is 5.32 Å². The molecule has 0 fully saturated rings. The summed E-state index contributed by atoms with van der Waals surface area (Å²) in [4.78, 5) is 17.6. The van der Waals surface area contributed by atoms with Gasteiger partial charge >= 0.3 is 6.09 Å². The zero-order chi connectivity index (χ0) is 22.8. The second-order valence-corrected chi connectivity index (χ2v) is 8.90. The average Bonchev–Trinajstić information content (AvgIpc) is 3.45. The van der Waals surface area contributed by atoms with Gasteiger partial charge in [0.1, 0.15) is 25.3 Å². The van der Waals surface area contributed by atoms with E-state index in [4.69, 9.17) is 14.5 Å². The maximum atomic E-state index is 12.8. The zero-order valence-corrected chi connectivity index (χ0v) is 18.9. The third-order valence-electron chi connectivity index (χ3n) is 6.41. The number of hydrogen-bond donors (Lipinski definition) is 1. The first-order chi connectivity index (χ1) is 16.1. The number of fused-ring (bicyclic) bond motifs is 3. The number of alkyl carbamates (subject to hydrolysis) is 1. The normalized spacial score (nSPS) is 17.7. The molecule has 0 radical (unpaired) electrons. The van der Waals surface area contributed by atoms with E-state index in [9.17, 15) is 4.79 Å². The highest BCUT2D eigenvalue weighted by Gasteiger charge is 2.32. The Bertz CT molecular complexity index is 1130. The molecule has 0 unspecified atom stereocenters. The van der Waals surface area contributed by atoms with Crippen molar-refractivity contribution < 1.29 is 14.3 Å². The van der Waals surface area contributed by atoms with Crippen LogP contribution in [-0.2, 0) is 9.47 Å². The van der Waals surface area contributed by atoms with Gasteiger partial charge in [0.05, 0.1) is 0 Å². The van der Waals surface area contributed by atoms with Gasteiger partial charge in [0, 0.05) is 5.92 Å². The molecule has 3 aromatic rings. The van der Waals surface area contributed by atoms with Crippen LogP contribution in [0.5, 0.6) is 0 Å². The van der Waals surface area contributed by atoms with Gasteiger partial charge in [0.15, 0.2) is 0 Å². The van der Waals surface area contributed by atoms with Crippen LogP contribution < -0.4 is 5.32 Å². The molecule has 33 heavy (non-hydrogen) atoms. The van der Waals surface area contributed by atoms with Crippen LogP contribution in [0.4, 0.5) is 4.79 Å². The molecule has 0 saturated carbocycles. The summed E-state index contributed by atoms with van der Waals surface area (Å²) in [6.07, 6.45) is -0.454. The molecule has 5 rings (SSSR count). The topological polar surface area (TPSA) is 59.9 Å². The fourth-order valence-electron chi connectivity index (χ4n) is 4.69. The van der Waals surface area contributed by atoms with E-state index < -0.39 is 6.09 Å². The molecule has 0 aromatic heterocycles. The van der Waals surface area contributed by atoms with Gasteiger partial charge in [0.2, 0.25) is 5.90 Å². The van der Waals surface area contributed by atoms with Gasteiger partial charge in [0.25, 0.3) is 0 Å². The average molecular weight is 441 g/mol. The molecule has 0 saturated heterocycles. The first kappa shape index (κ1) is 21.3. The molecule has 3 aromatic carbocycles. The van der Waals surface area contributed by atoms with E-state index in [1.54, 1.807) is 0 Å². The second-order valence-electron chi connectivity index (χ2n) is 8.90. The molecule has 2 atom stereocenters. The predicted octanol–water partition coefficient (Wildman–Crippen LogP) is 5.72. The minimum absolute atomic E-state index is 0.0307. The molecular formula is C28H28N2O3. The number of carbonyl (C=O) groups excluding carboxylic acids is 1. The van der Waals surface area contributed by atoms with Gasteiger partial charge in [-0.15, -0.1) is 0 Å². The summed E-state index contributed by atoms with van der Waals surface area (Å²) >= 11 is 0. The number of ether oxygens (including phenoxy) is 2. The van der Waals surface area contributed by atoms with Crippen LogP contribution in [0.1, 0.15) is 42.5 Å². The standard InChI is InChI=1S/C28H28N2O3/c1-18(2)26(27-29-25(17-32-27)19-10-4-3-5-11-19)30-28(31)33-16-24-22-14-8-6-12-20(22)21-13-7-9-15-23(21)24/h3-15,18,24-26H,16-17H2,1-2H3,(H,30,31)/t25-,26+/m1/s1. The highest BCUT2D eigenvalue weighted by Crippen LogP contribution is 2.44. The molecule has 5 heteroatoms. The summed E-state index contributed by atoms with van der Waals surface area (Å²) in [6, 6.07) is 26.3. The molecular weight excluding hydrogens is 412 g/mol. The Balaban J connectivity index is 1.27. The Morgan fingerprint density at radius 1 is 0.970 bits per heavy atom. The number of aliphatic imine (C=N–C) groups is 1. The Morgan fingerprint density at radius 2 is 1.58 bits per heavy atom. The Kier molecular flexibility index (Phi) is 5.86. The van der Waals surface area contributed by atoms with Crippen LogP contribution in [0, 0.1) is 5.92 Å². The van der Waals surface area contributed by atoms with Crippen molar-refractivity contribution in [3.63, 3.8) is 0 Å². The van der Waals surface area contributed by atoms with Gasteiger partial charge in [-0.3, -0.25) is 0 Å². The molecule has 1 amide bonds. The van der Waals surface area contributed by atoms with Gasteiger partial charge in [-0.1, -0.05) is 92.7 Å². The number of amides is 1. The van der Waals surface area contributed by atoms with Crippen LogP contribution in [0.3, 0.4) is 0 Å². The van der Waals surface area contributed by atoms with Crippen LogP contribution >= 0.6 is 0 Å². The van der Waals surface area contributed by atoms with Crippen molar-refractivity contribution in [2.75, 3.05) is 13.2 Å². The predicted molar refractivity (Wildman–Crippen MR) is 129 cm³/mol. The molecule has 2 aliphatic rings. The Hall–Kier alpha value is -3.60. The number of nitrogens with zero attached hydrogens (tertiary/aromatic N) is 1. The zero-order valence-electron chi connectivity index (χ0n) is 18.9. The quantitative estimate of drug-likeness (QED) is 0.533. The lowest BCUT2D eigenvalue weighted by Crippen LogP contribution is -2.45. The van der Waals surface area contributed by atoms with Crippen LogP contribution in [0.25, 0.3) is 11.1 Å². The van der Waals surface area contributed by atoms with Gasteiger partial charge < -0.3 is 14.8 Å².